The van der Waals surface area contributed by atoms with E-state index >= 15 is 0 Å². The van der Waals surface area contributed by atoms with Gasteiger partial charge in [-0.3, -0.25) is 0 Å². The molecule has 0 aromatic rings. The molecule has 1 N–H and O–H groups in total. The molecule has 1 saturated heterocycles. The summed E-state index contributed by atoms with van der Waals surface area (Å²) in [4.78, 5) is 0. The maximum absolute atomic E-state index is 11.1. The summed E-state index contributed by atoms with van der Waals surface area (Å²) in [6.45, 7) is 2.78. The molecule has 0 bridgehead atoms. The Morgan fingerprint density at radius 1 is 1.64 bits per heavy atom. The molecule has 2 atom stereocenters. The van der Waals surface area contributed by atoms with Crippen LogP contribution in [0.15, 0.2) is 0 Å². The summed E-state index contributed by atoms with van der Waals surface area (Å²) in [6, 6.07) is 0. The fraction of sp³-hybridized carbons (Fsp3) is 1.00. The molecule has 1 rings (SSSR count). The predicted molar refractivity (Wildman–Crippen MR) is 45.3 cm³/mol. The molecule has 0 aromatic carbocycles. The second-order valence-electron chi connectivity index (χ2n) is 3.23. The van der Waals surface area contributed by atoms with Gasteiger partial charge in [-0.15, -0.1) is 0 Å². The Morgan fingerprint density at radius 3 is 2.55 bits per heavy atom. The molecule has 0 aliphatic carbocycles. The number of hydrogen-bond donors (Lipinski definition) is 1. The molecule has 3 nitrogen and oxygen atoms in total. The summed E-state index contributed by atoms with van der Waals surface area (Å²) >= 11 is 0. The summed E-state index contributed by atoms with van der Waals surface area (Å²) in [7, 11) is -0.835. The molecule has 0 saturated carbocycles. The van der Waals surface area contributed by atoms with Crippen LogP contribution in [-0.2, 0) is 9.84 Å². The zero-order valence-electron chi connectivity index (χ0n) is 7.00. The van der Waals surface area contributed by atoms with E-state index in [1.807, 2.05) is 14.0 Å². The van der Waals surface area contributed by atoms with Crippen LogP contribution in [0.25, 0.3) is 0 Å². The molecule has 0 radical (unpaired) electrons. The van der Waals surface area contributed by atoms with E-state index in [1.54, 1.807) is 0 Å². The smallest absolute Gasteiger partial charge is 0.153 e. The zero-order valence-corrected chi connectivity index (χ0v) is 7.82. The normalized spacial score (nSPS) is 30.9. The Bertz CT molecular complexity index is 223. The van der Waals surface area contributed by atoms with Gasteiger partial charge >= 0.3 is 0 Å². The summed E-state index contributed by atoms with van der Waals surface area (Å²) in [5.74, 6) is 0.657. The second-order valence-corrected chi connectivity index (χ2v) is 5.57. The summed E-state index contributed by atoms with van der Waals surface area (Å²) in [5.41, 5.74) is 0. The minimum Gasteiger partial charge on any atom is -0.319 e. The van der Waals surface area contributed by atoms with E-state index in [2.05, 4.69) is 5.32 Å². The molecule has 4 heteroatoms. The Balaban J connectivity index is 2.49. The fourth-order valence-electron chi connectivity index (χ4n) is 1.54. The quantitative estimate of drug-likeness (QED) is 0.661. The summed E-state index contributed by atoms with van der Waals surface area (Å²) in [6.07, 6.45) is 0.852. The van der Waals surface area contributed by atoms with Crippen LogP contribution in [0.1, 0.15) is 13.3 Å². The summed E-state index contributed by atoms with van der Waals surface area (Å²) in [5, 5.41) is 2.92. The van der Waals surface area contributed by atoms with Gasteiger partial charge in [-0.25, -0.2) is 8.42 Å². The first-order valence-electron chi connectivity index (χ1n) is 3.94. The lowest BCUT2D eigenvalue weighted by molar-refractivity contribution is 0.450. The van der Waals surface area contributed by atoms with Crippen molar-refractivity contribution in [1.29, 1.82) is 0 Å². The van der Waals surface area contributed by atoms with Gasteiger partial charge in [0.05, 0.1) is 11.0 Å². The molecule has 1 aliphatic heterocycles. The largest absolute Gasteiger partial charge is 0.319 e. The lowest BCUT2D eigenvalue weighted by Gasteiger charge is -2.31. The van der Waals surface area contributed by atoms with Crippen molar-refractivity contribution in [1.82, 2.24) is 5.32 Å². The number of hydrogen-bond acceptors (Lipinski definition) is 3. The van der Waals surface area contributed by atoms with Crippen molar-refractivity contribution in [2.24, 2.45) is 5.92 Å². The van der Waals surface area contributed by atoms with Crippen LogP contribution in [0.2, 0.25) is 0 Å². The molecule has 66 valence electrons. The van der Waals surface area contributed by atoms with Gasteiger partial charge in [-0.2, -0.15) is 0 Å². The number of nitrogens with one attached hydrogen (secondary N) is 1. The first-order chi connectivity index (χ1) is 5.08. The summed E-state index contributed by atoms with van der Waals surface area (Å²) < 4.78 is 22.2. The minimum atomic E-state index is -2.68. The maximum Gasteiger partial charge on any atom is 0.153 e. The average molecular weight is 177 g/mol. The van der Waals surface area contributed by atoms with Crippen molar-refractivity contribution in [3.05, 3.63) is 0 Å². The van der Waals surface area contributed by atoms with Crippen molar-refractivity contribution >= 4 is 9.84 Å². The van der Waals surface area contributed by atoms with Gasteiger partial charge in [0, 0.05) is 0 Å². The van der Waals surface area contributed by atoms with Crippen molar-refractivity contribution in [3.63, 3.8) is 0 Å². The molecule has 11 heavy (non-hydrogen) atoms. The van der Waals surface area contributed by atoms with Gasteiger partial charge < -0.3 is 5.32 Å². The Labute approximate surface area is 68.1 Å². The average Bonchev–Trinajstić information content (AvgIpc) is 1.86. The van der Waals surface area contributed by atoms with E-state index in [0.29, 0.717) is 5.75 Å². The highest BCUT2D eigenvalue weighted by Gasteiger charge is 2.38. The van der Waals surface area contributed by atoms with Gasteiger partial charge in [0.15, 0.2) is 9.84 Å². The molecule has 0 spiro atoms. The van der Waals surface area contributed by atoms with Crippen molar-refractivity contribution < 1.29 is 8.42 Å². The molecule has 1 fully saturated rings. The highest BCUT2D eigenvalue weighted by molar-refractivity contribution is 7.93. The van der Waals surface area contributed by atoms with Crippen molar-refractivity contribution in [3.8, 4) is 0 Å². The molecular weight excluding hydrogens is 162 g/mol. The van der Waals surface area contributed by atoms with Crippen LogP contribution in [-0.4, -0.2) is 33.0 Å². The zero-order chi connectivity index (χ0) is 8.48. The lowest BCUT2D eigenvalue weighted by Crippen LogP contribution is -2.44. The van der Waals surface area contributed by atoms with Crippen LogP contribution in [0.3, 0.4) is 0 Å². The highest BCUT2D eigenvalue weighted by atomic mass is 32.2. The standard InChI is InChI=1S/C7H15NO2S/c1-6(5-8-2)7-3-4-11(7,9)10/h6-8H,3-5H2,1-2H3. The molecule has 0 amide bonds. The first kappa shape index (κ1) is 9.00. The van der Waals surface area contributed by atoms with E-state index in [1.165, 1.54) is 0 Å². The van der Waals surface area contributed by atoms with E-state index in [4.69, 9.17) is 0 Å². The maximum atomic E-state index is 11.1. The van der Waals surface area contributed by atoms with Crippen LogP contribution >= 0.6 is 0 Å². The Morgan fingerprint density at radius 2 is 2.27 bits per heavy atom. The third kappa shape index (κ3) is 1.73. The topological polar surface area (TPSA) is 46.2 Å². The number of rotatable bonds is 3. The third-order valence-electron chi connectivity index (χ3n) is 2.31. The van der Waals surface area contributed by atoms with Crippen LogP contribution in [0, 0.1) is 5.92 Å². The van der Waals surface area contributed by atoms with Gasteiger partial charge in [0.25, 0.3) is 0 Å². The lowest BCUT2D eigenvalue weighted by atomic mass is 10.1. The Kier molecular flexibility index (Phi) is 2.54. The van der Waals surface area contributed by atoms with Crippen LogP contribution in [0.4, 0.5) is 0 Å². The molecular formula is C7H15NO2S. The van der Waals surface area contributed by atoms with Gasteiger partial charge in [-0.05, 0) is 25.9 Å². The highest BCUT2D eigenvalue weighted by Crippen LogP contribution is 2.26. The van der Waals surface area contributed by atoms with Gasteiger partial charge in [-0.1, -0.05) is 6.92 Å². The van der Waals surface area contributed by atoms with Gasteiger partial charge in [0.2, 0.25) is 0 Å². The third-order valence-corrected chi connectivity index (χ3v) is 4.74. The monoisotopic (exact) mass is 177 g/mol. The van der Waals surface area contributed by atoms with E-state index in [0.717, 1.165) is 13.0 Å². The molecule has 0 aromatic heterocycles. The molecule has 1 heterocycles. The first-order valence-corrected chi connectivity index (χ1v) is 5.65. The van der Waals surface area contributed by atoms with E-state index in [9.17, 15) is 8.42 Å². The van der Waals surface area contributed by atoms with E-state index in [-0.39, 0.29) is 11.2 Å². The molecule has 1 aliphatic rings. The van der Waals surface area contributed by atoms with E-state index < -0.39 is 9.84 Å². The predicted octanol–water partition coefficient (Wildman–Crippen LogP) is 0.0290. The van der Waals surface area contributed by atoms with Crippen molar-refractivity contribution in [2.45, 2.75) is 18.6 Å². The minimum absolute atomic E-state index is 0.0741. The fourth-order valence-corrected chi connectivity index (χ4v) is 3.24. The number of sulfone groups is 1. The van der Waals surface area contributed by atoms with Crippen molar-refractivity contribution in [2.75, 3.05) is 19.3 Å². The molecule has 2 unspecified atom stereocenters. The van der Waals surface area contributed by atoms with Crippen LogP contribution in [0.5, 0.6) is 0 Å². The van der Waals surface area contributed by atoms with Crippen LogP contribution < -0.4 is 5.32 Å². The Hall–Kier alpha value is -0.0900. The van der Waals surface area contributed by atoms with Gasteiger partial charge in [0.1, 0.15) is 0 Å². The SMILES string of the molecule is CNCC(C)C1CCS1(=O)=O. The second kappa shape index (κ2) is 3.11.